The van der Waals surface area contributed by atoms with Gasteiger partial charge < -0.3 is 10.1 Å². The standard InChI is InChI=1S/C13H16FNO2/c1-9-8-11(4-5-12(9)14)17-7-6-13(16)15-10-2-3-10/h4-5,8,10H,2-3,6-7H2,1H3,(H,15,16). The van der Waals surface area contributed by atoms with Gasteiger partial charge in [0.05, 0.1) is 13.0 Å². The van der Waals surface area contributed by atoms with Gasteiger partial charge in [-0.1, -0.05) is 0 Å². The number of carbonyl (C=O) groups excluding carboxylic acids is 1. The molecule has 0 atom stereocenters. The average molecular weight is 237 g/mol. The largest absolute Gasteiger partial charge is 0.493 e. The first-order chi connectivity index (χ1) is 8.15. The summed E-state index contributed by atoms with van der Waals surface area (Å²) in [5.41, 5.74) is 0.546. The predicted molar refractivity (Wildman–Crippen MR) is 62.4 cm³/mol. The third-order valence-corrected chi connectivity index (χ3v) is 2.67. The fourth-order valence-corrected chi connectivity index (χ4v) is 1.50. The predicted octanol–water partition coefficient (Wildman–Crippen LogP) is 2.18. The average Bonchev–Trinajstić information content (AvgIpc) is 3.07. The van der Waals surface area contributed by atoms with Gasteiger partial charge in [-0.3, -0.25) is 4.79 Å². The third-order valence-electron chi connectivity index (χ3n) is 2.67. The molecule has 1 aromatic rings. The Bertz CT molecular complexity index is 416. The molecular formula is C13H16FNO2. The van der Waals surface area contributed by atoms with E-state index < -0.39 is 0 Å². The maximum absolute atomic E-state index is 13.0. The summed E-state index contributed by atoms with van der Waals surface area (Å²) in [5, 5.41) is 2.88. The second kappa shape index (κ2) is 5.17. The lowest BCUT2D eigenvalue weighted by Gasteiger charge is -2.07. The Balaban J connectivity index is 1.73. The Labute approximate surface area is 100.0 Å². The summed E-state index contributed by atoms with van der Waals surface area (Å²) >= 11 is 0. The van der Waals surface area contributed by atoms with Crippen LogP contribution < -0.4 is 10.1 Å². The van der Waals surface area contributed by atoms with Gasteiger partial charge in [-0.25, -0.2) is 4.39 Å². The van der Waals surface area contributed by atoms with Gasteiger partial charge in [0.15, 0.2) is 0 Å². The Hall–Kier alpha value is -1.58. The molecule has 0 radical (unpaired) electrons. The SMILES string of the molecule is Cc1cc(OCCC(=O)NC2CC2)ccc1F. The molecule has 0 unspecified atom stereocenters. The van der Waals surface area contributed by atoms with Gasteiger partial charge in [-0.2, -0.15) is 0 Å². The summed E-state index contributed by atoms with van der Waals surface area (Å²) in [6.45, 7) is 2.01. The summed E-state index contributed by atoms with van der Waals surface area (Å²) in [6.07, 6.45) is 2.51. The smallest absolute Gasteiger partial charge is 0.223 e. The fourth-order valence-electron chi connectivity index (χ4n) is 1.50. The van der Waals surface area contributed by atoms with E-state index in [-0.39, 0.29) is 11.7 Å². The number of ether oxygens (including phenoxy) is 1. The Kier molecular flexibility index (Phi) is 3.61. The van der Waals surface area contributed by atoms with Crippen molar-refractivity contribution < 1.29 is 13.9 Å². The zero-order valence-corrected chi connectivity index (χ0v) is 9.83. The molecule has 0 aromatic heterocycles. The highest BCUT2D eigenvalue weighted by atomic mass is 19.1. The van der Waals surface area contributed by atoms with E-state index in [1.54, 1.807) is 19.1 Å². The molecule has 0 heterocycles. The minimum Gasteiger partial charge on any atom is -0.493 e. The maximum Gasteiger partial charge on any atom is 0.223 e. The summed E-state index contributed by atoms with van der Waals surface area (Å²) in [6, 6.07) is 4.96. The van der Waals surface area contributed by atoms with Crippen molar-refractivity contribution in [1.29, 1.82) is 0 Å². The van der Waals surface area contributed by atoms with Crippen molar-refractivity contribution in [3.63, 3.8) is 0 Å². The van der Waals surface area contributed by atoms with Gasteiger partial charge in [-0.15, -0.1) is 0 Å². The molecule has 1 saturated carbocycles. The number of carbonyl (C=O) groups is 1. The van der Waals surface area contributed by atoms with Crippen molar-refractivity contribution in [2.45, 2.75) is 32.2 Å². The summed E-state index contributed by atoms with van der Waals surface area (Å²) in [4.78, 5) is 11.4. The Morgan fingerprint density at radius 3 is 2.94 bits per heavy atom. The molecule has 0 bridgehead atoms. The number of amides is 1. The fraction of sp³-hybridized carbons (Fsp3) is 0.462. The van der Waals surface area contributed by atoms with Gasteiger partial charge in [-0.05, 0) is 43.5 Å². The van der Waals surface area contributed by atoms with Gasteiger partial charge in [0.25, 0.3) is 0 Å². The zero-order chi connectivity index (χ0) is 12.3. The van der Waals surface area contributed by atoms with Crippen LogP contribution in [0.25, 0.3) is 0 Å². The molecule has 1 amide bonds. The highest BCUT2D eigenvalue weighted by Crippen LogP contribution is 2.19. The lowest BCUT2D eigenvalue weighted by atomic mass is 10.2. The summed E-state index contributed by atoms with van der Waals surface area (Å²) < 4.78 is 18.4. The first kappa shape index (κ1) is 11.9. The van der Waals surface area contributed by atoms with E-state index in [0.29, 0.717) is 30.4 Å². The molecule has 1 fully saturated rings. The monoisotopic (exact) mass is 237 g/mol. The van der Waals surface area contributed by atoms with Crippen molar-refractivity contribution in [1.82, 2.24) is 5.32 Å². The van der Waals surface area contributed by atoms with Crippen LogP contribution in [-0.2, 0) is 4.79 Å². The summed E-state index contributed by atoms with van der Waals surface area (Å²) in [5.74, 6) is 0.373. The number of aryl methyl sites for hydroxylation is 1. The number of benzene rings is 1. The molecule has 3 nitrogen and oxygen atoms in total. The van der Waals surface area contributed by atoms with Gasteiger partial charge >= 0.3 is 0 Å². The molecule has 1 aliphatic carbocycles. The second-order valence-electron chi connectivity index (χ2n) is 4.35. The van der Waals surface area contributed by atoms with Gasteiger partial charge in [0, 0.05) is 6.04 Å². The van der Waals surface area contributed by atoms with Crippen molar-refractivity contribution in [2.24, 2.45) is 0 Å². The first-order valence-corrected chi connectivity index (χ1v) is 5.83. The molecule has 92 valence electrons. The van der Waals surface area contributed by atoms with Crippen LogP contribution >= 0.6 is 0 Å². The minimum atomic E-state index is -0.246. The molecule has 1 aromatic carbocycles. The van der Waals surface area contributed by atoms with Crippen LogP contribution in [0.15, 0.2) is 18.2 Å². The van der Waals surface area contributed by atoms with Crippen LogP contribution in [0.2, 0.25) is 0 Å². The van der Waals surface area contributed by atoms with Crippen LogP contribution in [0, 0.1) is 12.7 Å². The number of hydrogen-bond acceptors (Lipinski definition) is 2. The van der Waals surface area contributed by atoms with E-state index in [1.165, 1.54) is 6.07 Å². The molecule has 1 N–H and O–H groups in total. The highest BCUT2D eigenvalue weighted by Gasteiger charge is 2.22. The van der Waals surface area contributed by atoms with E-state index in [2.05, 4.69) is 5.32 Å². The molecule has 0 spiro atoms. The molecule has 2 rings (SSSR count). The van der Waals surface area contributed by atoms with E-state index in [0.717, 1.165) is 12.8 Å². The first-order valence-electron chi connectivity index (χ1n) is 5.83. The molecule has 0 aliphatic heterocycles. The number of halogens is 1. The molecule has 17 heavy (non-hydrogen) atoms. The summed E-state index contributed by atoms with van der Waals surface area (Å²) in [7, 11) is 0. The topological polar surface area (TPSA) is 38.3 Å². The van der Waals surface area contributed by atoms with Crippen LogP contribution in [0.4, 0.5) is 4.39 Å². The van der Waals surface area contributed by atoms with E-state index in [4.69, 9.17) is 4.74 Å². The molecule has 4 heteroatoms. The van der Waals surface area contributed by atoms with E-state index >= 15 is 0 Å². The molecule has 1 aliphatic rings. The van der Waals surface area contributed by atoms with Crippen LogP contribution in [0.1, 0.15) is 24.8 Å². The number of hydrogen-bond donors (Lipinski definition) is 1. The van der Waals surface area contributed by atoms with Gasteiger partial charge in [0.2, 0.25) is 5.91 Å². The highest BCUT2D eigenvalue weighted by molar-refractivity contribution is 5.76. The second-order valence-corrected chi connectivity index (χ2v) is 4.35. The zero-order valence-electron chi connectivity index (χ0n) is 9.83. The quantitative estimate of drug-likeness (QED) is 0.852. The van der Waals surface area contributed by atoms with Crippen molar-refractivity contribution in [3.8, 4) is 5.75 Å². The maximum atomic E-state index is 13.0. The van der Waals surface area contributed by atoms with Crippen LogP contribution in [-0.4, -0.2) is 18.6 Å². The van der Waals surface area contributed by atoms with Crippen LogP contribution in [0.5, 0.6) is 5.75 Å². The lowest BCUT2D eigenvalue weighted by Crippen LogP contribution is -2.26. The Morgan fingerprint density at radius 1 is 1.53 bits per heavy atom. The third kappa shape index (κ3) is 3.73. The Morgan fingerprint density at radius 2 is 2.29 bits per heavy atom. The van der Waals surface area contributed by atoms with E-state index in [9.17, 15) is 9.18 Å². The van der Waals surface area contributed by atoms with Gasteiger partial charge in [0.1, 0.15) is 11.6 Å². The normalized spacial score (nSPS) is 14.5. The van der Waals surface area contributed by atoms with Crippen LogP contribution in [0.3, 0.4) is 0 Å². The molecule has 0 saturated heterocycles. The van der Waals surface area contributed by atoms with Crippen molar-refractivity contribution in [2.75, 3.05) is 6.61 Å². The van der Waals surface area contributed by atoms with Crippen molar-refractivity contribution >= 4 is 5.91 Å². The number of nitrogens with one attached hydrogen (secondary N) is 1. The van der Waals surface area contributed by atoms with E-state index in [1.807, 2.05) is 0 Å². The van der Waals surface area contributed by atoms with Crippen molar-refractivity contribution in [3.05, 3.63) is 29.6 Å². The molecular weight excluding hydrogens is 221 g/mol. The number of rotatable bonds is 5. The lowest BCUT2D eigenvalue weighted by molar-refractivity contribution is -0.121. The minimum absolute atomic E-state index is 0.0198.